The van der Waals surface area contributed by atoms with Gasteiger partial charge in [0.15, 0.2) is 0 Å². The SMILES string of the molecule is CN(C)CCNC(CC(=O)Nc1ccc(N)c([N+](=O)[O-])c1)C(=O)O. The first-order valence-electron chi connectivity index (χ1n) is 7.15. The highest BCUT2D eigenvalue weighted by atomic mass is 16.6. The lowest BCUT2D eigenvalue weighted by molar-refractivity contribution is -0.383. The Balaban J connectivity index is 2.67. The fourth-order valence-corrected chi connectivity index (χ4v) is 1.89. The second-order valence-corrected chi connectivity index (χ2v) is 5.43. The summed E-state index contributed by atoms with van der Waals surface area (Å²) in [6, 6.07) is 2.80. The molecule has 1 unspecified atom stereocenters. The van der Waals surface area contributed by atoms with Crippen LogP contribution in [0.4, 0.5) is 17.1 Å². The molecule has 0 fully saturated rings. The van der Waals surface area contributed by atoms with Gasteiger partial charge in [-0.3, -0.25) is 19.7 Å². The van der Waals surface area contributed by atoms with Gasteiger partial charge in [-0.1, -0.05) is 0 Å². The third kappa shape index (κ3) is 6.18. The van der Waals surface area contributed by atoms with Crippen LogP contribution >= 0.6 is 0 Å². The maximum atomic E-state index is 12.0. The van der Waals surface area contributed by atoms with Crippen LogP contribution in [0.2, 0.25) is 0 Å². The van der Waals surface area contributed by atoms with Crippen molar-refractivity contribution in [3.8, 4) is 0 Å². The highest BCUT2D eigenvalue weighted by Gasteiger charge is 2.21. The molecule has 1 rings (SSSR count). The number of amides is 1. The number of nitrogens with one attached hydrogen (secondary N) is 2. The van der Waals surface area contributed by atoms with Crippen molar-refractivity contribution < 1.29 is 19.6 Å². The predicted molar refractivity (Wildman–Crippen MR) is 88.7 cm³/mol. The molecule has 0 heterocycles. The van der Waals surface area contributed by atoms with Gasteiger partial charge in [-0.05, 0) is 26.2 Å². The largest absolute Gasteiger partial charge is 0.480 e. The zero-order chi connectivity index (χ0) is 18.3. The lowest BCUT2D eigenvalue weighted by atomic mass is 10.2. The molecule has 0 aliphatic rings. The van der Waals surface area contributed by atoms with E-state index in [1.165, 1.54) is 12.1 Å². The minimum absolute atomic E-state index is 0.0215. The molecule has 0 aliphatic heterocycles. The van der Waals surface area contributed by atoms with E-state index >= 15 is 0 Å². The first kappa shape index (κ1) is 19.3. The number of nitrogen functional groups attached to an aromatic ring is 1. The lowest BCUT2D eigenvalue weighted by Gasteiger charge is -2.16. The van der Waals surface area contributed by atoms with Crippen LogP contribution in [0.5, 0.6) is 0 Å². The van der Waals surface area contributed by atoms with Gasteiger partial charge in [0, 0.05) is 24.8 Å². The van der Waals surface area contributed by atoms with Gasteiger partial charge in [-0.15, -0.1) is 0 Å². The fraction of sp³-hybridized carbons (Fsp3) is 0.429. The van der Waals surface area contributed by atoms with Crippen LogP contribution in [0.25, 0.3) is 0 Å². The van der Waals surface area contributed by atoms with Crippen molar-refractivity contribution in [1.82, 2.24) is 10.2 Å². The van der Waals surface area contributed by atoms with E-state index in [1.807, 2.05) is 19.0 Å². The number of nitro benzene ring substituents is 1. The topological polar surface area (TPSA) is 151 Å². The summed E-state index contributed by atoms with van der Waals surface area (Å²) in [5.74, 6) is -1.72. The minimum atomic E-state index is -1.15. The molecule has 5 N–H and O–H groups in total. The van der Waals surface area contributed by atoms with Crippen LogP contribution < -0.4 is 16.4 Å². The minimum Gasteiger partial charge on any atom is -0.480 e. The van der Waals surface area contributed by atoms with E-state index in [9.17, 15) is 19.7 Å². The van der Waals surface area contributed by atoms with Crippen LogP contribution in [0.15, 0.2) is 18.2 Å². The number of carbonyl (C=O) groups excluding carboxylic acids is 1. The number of nitro groups is 1. The van der Waals surface area contributed by atoms with Crippen molar-refractivity contribution in [3.05, 3.63) is 28.3 Å². The Labute approximate surface area is 138 Å². The molecule has 0 saturated heterocycles. The van der Waals surface area contributed by atoms with Gasteiger partial charge in [0.2, 0.25) is 5.91 Å². The van der Waals surface area contributed by atoms with E-state index in [2.05, 4.69) is 10.6 Å². The van der Waals surface area contributed by atoms with Crippen LogP contribution in [0.3, 0.4) is 0 Å². The van der Waals surface area contributed by atoms with Crippen molar-refractivity contribution >= 4 is 28.9 Å². The van der Waals surface area contributed by atoms with Crippen molar-refractivity contribution in [3.63, 3.8) is 0 Å². The Morgan fingerprint density at radius 2 is 2.08 bits per heavy atom. The van der Waals surface area contributed by atoms with Crippen LogP contribution in [0, 0.1) is 10.1 Å². The molecular weight excluding hydrogens is 318 g/mol. The number of nitrogens with zero attached hydrogens (tertiary/aromatic N) is 2. The summed E-state index contributed by atoms with van der Waals surface area (Å²) in [7, 11) is 3.69. The Morgan fingerprint density at radius 3 is 2.62 bits per heavy atom. The van der Waals surface area contributed by atoms with E-state index in [1.54, 1.807) is 0 Å². The second kappa shape index (κ2) is 8.79. The van der Waals surface area contributed by atoms with Crippen LogP contribution in [-0.4, -0.2) is 60.0 Å². The fourth-order valence-electron chi connectivity index (χ4n) is 1.89. The van der Waals surface area contributed by atoms with Crippen molar-refractivity contribution in [2.45, 2.75) is 12.5 Å². The Hall–Kier alpha value is -2.72. The van der Waals surface area contributed by atoms with Gasteiger partial charge in [-0.25, -0.2) is 0 Å². The summed E-state index contributed by atoms with van der Waals surface area (Å²) in [5.41, 5.74) is 5.31. The maximum absolute atomic E-state index is 12.0. The molecule has 1 atom stereocenters. The quantitative estimate of drug-likeness (QED) is 0.281. The maximum Gasteiger partial charge on any atom is 0.321 e. The van der Waals surface area contributed by atoms with Gasteiger partial charge in [0.05, 0.1) is 11.3 Å². The lowest BCUT2D eigenvalue weighted by Crippen LogP contribution is -2.42. The second-order valence-electron chi connectivity index (χ2n) is 5.43. The molecule has 0 saturated carbocycles. The standard InChI is InChI=1S/C14H21N5O5/c1-18(2)6-5-16-11(14(21)22)8-13(20)17-9-3-4-10(15)12(7-9)19(23)24/h3-4,7,11,16H,5-6,8,15H2,1-2H3,(H,17,20)(H,21,22). The third-order valence-electron chi connectivity index (χ3n) is 3.15. The normalized spacial score (nSPS) is 12.0. The zero-order valence-electron chi connectivity index (χ0n) is 13.5. The number of carbonyl (C=O) groups is 2. The van der Waals surface area contributed by atoms with Crippen molar-refractivity contribution in [2.75, 3.05) is 38.2 Å². The number of nitrogens with two attached hydrogens (primary N) is 1. The number of anilines is 2. The molecule has 0 aromatic heterocycles. The molecule has 0 radical (unpaired) electrons. The Bertz CT molecular complexity index is 620. The molecule has 24 heavy (non-hydrogen) atoms. The summed E-state index contributed by atoms with van der Waals surface area (Å²) in [4.78, 5) is 35.2. The van der Waals surface area contributed by atoms with E-state index in [4.69, 9.17) is 10.8 Å². The molecule has 0 spiro atoms. The summed E-state index contributed by atoms with van der Waals surface area (Å²) in [5, 5.41) is 25.2. The molecule has 0 aliphatic carbocycles. The predicted octanol–water partition coefficient (Wildman–Crippen LogP) is 0.110. The number of likely N-dealkylation sites (N-methyl/N-ethyl adjacent to an activating group) is 1. The van der Waals surface area contributed by atoms with Crippen molar-refractivity contribution in [2.24, 2.45) is 0 Å². The number of aliphatic carboxylic acids is 1. The van der Waals surface area contributed by atoms with E-state index in [-0.39, 0.29) is 23.5 Å². The average molecular weight is 339 g/mol. The smallest absolute Gasteiger partial charge is 0.321 e. The van der Waals surface area contributed by atoms with Gasteiger partial charge >= 0.3 is 5.97 Å². The molecule has 10 heteroatoms. The molecule has 1 aromatic rings. The first-order chi connectivity index (χ1) is 11.2. The number of hydrogen-bond donors (Lipinski definition) is 4. The van der Waals surface area contributed by atoms with Gasteiger partial charge in [-0.2, -0.15) is 0 Å². The van der Waals surface area contributed by atoms with E-state index in [0.29, 0.717) is 13.1 Å². The number of carboxylic acid groups (broad SMARTS) is 1. The average Bonchev–Trinajstić information content (AvgIpc) is 2.47. The molecule has 1 aromatic carbocycles. The Morgan fingerprint density at radius 1 is 1.42 bits per heavy atom. The summed E-state index contributed by atoms with van der Waals surface area (Å²) in [6.45, 7) is 1.03. The molecule has 0 bridgehead atoms. The summed E-state index contributed by atoms with van der Waals surface area (Å²) >= 11 is 0. The molecular formula is C14H21N5O5. The molecule has 10 nitrogen and oxygen atoms in total. The highest BCUT2D eigenvalue weighted by Crippen LogP contribution is 2.25. The number of benzene rings is 1. The number of rotatable bonds is 9. The van der Waals surface area contributed by atoms with Gasteiger partial charge in [0.25, 0.3) is 5.69 Å². The van der Waals surface area contributed by atoms with Crippen LogP contribution in [0.1, 0.15) is 6.42 Å². The van der Waals surface area contributed by atoms with Gasteiger partial charge < -0.3 is 26.4 Å². The van der Waals surface area contributed by atoms with Crippen molar-refractivity contribution in [1.29, 1.82) is 0 Å². The highest BCUT2D eigenvalue weighted by molar-refractivity contribution is 5.94. The van der Waals surface area contributed by atoms with E-state index < -0.39 is 22.8 Å². The summed E-state index contributed by atoms with van der Waals surface area (Å²) < 4.78 is 0. The first-order valence-corrected chi connectivity index (χ1v) is 7.15. The Kier molecular flexibility index (Phi) is 7.08. The third-order valence-corrected chi connectivity index (χ3v) is 3.15. The summed E-state index contributed by atoms with van der Waals surface area (Å²) in [6.07, 6.45) is -0.305. The molecule has 132 valence electrons. The number of carboxylic acids is 1. The van der Waals surface area contributed by atoms with Crippen LogP contribution in [-0.2, 0) is 9.59 Å². The molecule has 1 amide bonds. The zero-order valence-corrected chi connectivity index (χ0v) is 13.5. The monoisotopic (exact) mass is 339 g/mol. The van der Waals surface area contributed by atoms with Gasteiger partial charge in [0.1, 0.15) is 11.7 Å². The number of hydrogen-bond acceptors (Lipinski definition) is 7. The van der Waals surface area contributed by atoms with E-state index in [0.717, 1.165) is 6.07 Å².